The maximum Gasteiger partial charge on any atom is 0.416 e. The second-order valence-corrected chi connectivity index (χ2v) is 6.32. The van der Waals surface area contributed by atoms with Crippen LogP contribution < -0.4 is 10.1 Å². The summed E-state index contributed by atoms with van der Waals surface area (Å²) in [5.74, 6) is -0.938. The summed E-state index contributed by atoms with van der Waals surface area (Å²) in [4.78, 5) is 10.9. The van der Waals surface area contributed by atoms with Crippen LogP contribution >= 0.6 is 0 Å². The Balaban J connectivity index is 1.75. The normalized spacial score (nSPS) is 13.8. The van der Waals surface area contributed by atoms with Crippen molar-refractivity contribution in [1.82, 2.24) is 5.32 Å². The molecule has 0 aromatic heterocycles. The van der Waals surface area contributed by atoms with E-state index in [0.717, 1.165) is 12.1 Å². The summed E-state index contributed by atoms with van der Waals surface area (Å²) in [5, 5.41) is 21.9. The highest BCUT2D eigenvalue weighted by atomic mass is 19.4. The number of ether oxygens (including phenoxy) is 1. The first-order valence-electron chi connectivity index (χ1n) is 8.70. The van der Waals surface area contributed by atoms with Gasteiger partial charge in [0, 0.05) is 13.1 Å². The van der Waals surface area contributed by atoms with Crippen LogP contribution in [0.2, 0.25) is 0 Å². The van der Waals surface area contributed by atoms with Crippen LogP contribution in [0.3, 0.4) is 0 Å². The predicted molar refractivity (Wildman–Crippen MR) is 97.3 cm³/mol. The van der Waals surface area contributed by atoms with Gasteiger partial charge < -0.3 is 20.3 Å². The molecular weight excluding hydrogens is 375 g/mol. The number of carboxylic acid groups (broad SMARTS) is 1. The van der Waals surface area contributed by atoms with Crippen LogP contribution in [0.5, 0.6) is 5.75 Å². The number of alkyl halides is 3. The first kappa shape index (κ1) is 21.7. The van der Waals surface area contributed by atoms with Crippen molar-refractivity contribution in [3.63, 3.8) is 0 Å². The van der Waals surface area contributed by atoms with Gasteiger partial charge in [0.05, 0.1) is 17.6 Å². The standard InChI is InChI=1S/C20H22F3NO4/c1-13(19(26)27)14-5-7-17(8-6-14)28-10-9-24-12-18(25)15-3-2-4-16(11-15)20(21,22)23/h2-8,11,13,18,24-25H,9-10,12H2,1H3,(H,26,27)/t13-,18?/m1/s1. The third kappa shape index (κ3) is 6.24. The molecule has 0 fully saturated rings. The number of hydrogen-bond acceptors (Lipinski definition) is 4. The minimum absolute atomic E-state index is 0.0831. The van der Waals surface area contributed by atoms with Crippen LogP contribution in [0.4, 0.5) is 13.2 Å². The number of carbonyl (C=O) groups is 1. The third-order valence-corrected chi connectivity index (χ3v) is 4.23. The number of halogens is 3. The quantitative estimate of drug-likeness (QED) is 0.564. The summed E-state index contributed by atoms with van der Waals surface area (Å²) in [6.45, 7) is 2.34. The number of aliphatic carboxylic acids is 1. The lowest BCUT2D eigenvalue weighted by molar-refractivity contribution is -0.139. The Morgan fingerprint density at radius 1 is 1.14 bits per heavy atom. The molecule has 0 aliphatic rings. The highest BCUT2D eigenvalue weighted by Gasteiger charge is 2.30. The van der Waals surface area contributed by atoms with Crippen molar-refractivity contribution < 1.29 is 32.9 Å². The summed E-state index contributed by atoms with van der Waals surface area (Å²) in [5.41, 5.74) is 0.0570. The summed E-state index contributed by atoms with van der Waals surface area (Å²) in [6.07, 6.45) is -5.52. The number of aliphatic hydroxyl groups is 1. The van der Waals surface area contributed by atoms with E-state index in [4.69, 9.17) is 9.84 Å². The van der Waals surface area contributed by atoms with Crippen LogP contribution in [0, 0.1) is 0 Å². The van der Waals surface area contributed by atoms with E-state index in [1.807, 2.05) is 0 Å². The molecule has 0 aliphatic heterocycles. The van der Waals surface area contributed by atoms with Gasteiger partial charge in [-0.25, -0.2) is 0 Å². The van der Waals surface area contributed by atoms with E-state index in [2.05, 4.69) is 5.32 Å². The van der Waals surface area contributed by atoms with E-state index in [-0.39, 0.29) is 18.7 Å². The third-order valence-electron chi connectivity index (χ3n) is 4.23. The van der Waals surface area contributed by atoms with Gasteiger partial charge in [0.15, 0.2) is 0 Å². The van der Waals surface area contributed by atoms with Gasteiger partial charge in [-0.1, -0.05) is 24.3 Å². The molecule has 0 amide bonds. The average Bonchev–Trinajstić information content (AvgIpc) is 2.67. The SMILES string of the molecule is C[C@@H](C(=O)O)c1ccc(OCCNCC(O)c2cccc(C(F)(F)F)c2)cc1. The summed E-state index contributed by atoms with van der Waals surface area (Å²) in [7, 11) is 0. The molecule has 1 unspecified atom stereocenters. The van der Waals surface area contributed by atoms with Crippen LogP contribution in [0.15, 0.2) is 48.5 Å². The lowest BCUT2D eigenvalue weighted by atomic mass is 10.0. The summed E-state index contributed by atoms with van der Waals surface area (Å²) < 4.78 is 43.6. The van der Waals surface area contributed by atoms with E-state index in [0.29, 0.717) is 17.9 Å². The Labute approximate surface area is 160 Å². The van der Waals surface area contributed by atoms with E-state index in [1.54, 1.807) is 31.2 Å². The van der Waals surface area contributed by atoms with Crippen LogP contribution in [0.1, 0.15) is 35.6 Å². The minimum atomic E-state index is -4.45. The topological polar surface area (TPSA) is 78.8 Å². The van der Waals surface area contributed by atoms with Crippen molar-refractivity contribution in [2.75, 3.05) is 19.7 Å². The van der Waals surface area contributed by atoms with Gasteiger partial charge in [-0.05, 0) is 42.3 Å². The van der Waals surface area contributed by atoms with Gasteiger partial charge in [-0.2, -0.15) is 13.2 Å². The Morgan fingerprint density at radius 2 is 1.82 bits per heavy atom. The maximum atomic E-state index is 12.7. The first-order valence-corrected chi connectivity index (χ1v) is 8.70. The zero-order valence-electron chi connectivity index (χ0n) is 15.2. The van der Waals surface area contributed by atoms with E-state index in [1.165, 1.54) is 12.1 Å². The van der Waals surface area contributed by atoms with Crippen molar-refractivity contribution in [2.45, 2.75) is 25.1 Å². The minimum Gasteiger partial charge on any atom is -0.492 e. The smallest absolute Gasteiger partial charge is 0.416 e. The van der Waals surface area contributed by atoms with Crippen LogP contribution in [-0.4, -0.2) is 35.9 Å². The molecule has 8 heteroatoms. The lowest BCUT2D eigenvalue weighted by Crippen LogP contribution is -2.26. The number of nitrogens with one attached hydrogen (secondary N) is 1. The number of rotatable bonds is 9. The van der Waals surface area contributed by atoms with Gasteiger partial charge >= 0.3 is 12.1 Å². The molecule has 0 heterocycles. The van der Waals surface area contributed by atoms with E-state index < -0.39 is 29.7 Å². The summed E-state index contributed by atoms with van der Waals surface area (Å²) in [6, 6.07) is 11.3. The van der Waals surface area contributed by atoms with E-state index >= 15 is 0 Å². The first-order chi connectivity index (χ1) is 13.2. The molecule has 0 radical (unpaired) electrons. The fraction of sp³-hybridized carbons (Fsp3) is 0.350. The van der Waals surface area contributed by atoms with Crippen molar-refractivity contribution in [3.8, 4) is 5.75 Å². The molecule has 3 N–H and O–H groups in total. The lowest BCUT2D eigenvalue weighted by Gasteiger charge is -2.15. The molecule has 2 atom stereocenters. The second-order valence-electron chi connectivity index (χ2n) is 6.32. The fourth-order valence-electron chi connectivity index (χ4n) is 2.52. The molecule has 0 spiro atoms. The molecule has 5 nitrogen and oxygen atoms in total. The number of aliphatic hydroxyl groups excluding tert-OH is 1. The Kier molecular flexibility index (Phi) is 7.42. The Hall–Kier alpha value is -2.58. The van der Waals surface area contributed by atoms with Gasteiger partial charge in [0.1, 0.15) is 12.4 Å². The highest BCUT2D eigenvalue weighted by Crippen LogP contribution is 2.30. The molecule has 2 aromatic carbocycles. The van der Waals surface area contributed by atoms with E-state index in [9.17, 15) is 23.1 Å². The van der Waals surface area contributed by atoms with Gasteiger partial charge in [0.2, 0.25) is 0 Å². The Morgan fingerprint density at radius 3 is 2.43 bits per heavy atom. The van der Waals surface area contributed by atoms with Crippen molar-refractivity contribution in [1.29, 1.82) is 0 Å². The zero-order valence-corrected chi connectivity index (χ0v) is 15.2. The molecule has 28 heavy (non-hydrogen) atoms. The highest BCUT2D eigenvalue weighted by molar-refractivity contribution is 5.75. The Bertz CT molecular complexity index is 778. The largest absolute Gasteiger partial charge is 0.492 e. The zero-order chi connectivity index (χ0) is 20.7. The molecule has 2 aromatic rings. The molecule has 2 rings (SSSR count). The molecule has 0 saturated carbocycles. The number of benzene rings is 2. The van der Waals surface area contributed by atoms with Crippen LogP contribution in [0.25, 0.3) is 0 Å². The molecule has 152 valence electrons. The van der Waals surface area contributed by atoms with Gasteiger partial charge in [-0.15, -0.1) is 0 Å². The van der Waals surface area contributed by atoms with Crippen molar-refractivity contribution in [3.05, 3.63) is 65.2 Å². The maximum absolute atomic E-state index is 12.7. The fourth-order valence-corrected chi connectivity index (χ4v) is 2.52. The molecular formula is C20H22F3NO4. The number of carboxylic acids is 1. The van der Waals surface area contributed by atoms with Crippen molar-refractivity contribution >= 4 is 5.97 Å². The van der Waals surface area contributed by atoms with Gasteiger partial charge in [-0.3, -0.25) is 4.79 Å². The average molecular weight is 397 g/mol. The van der Waals surface area contributed by atoms with Gasteiger partial charge in [0.25, 0.3) is 0 Å². The molecule has 0 aliphatic carbocycles. The summed E-state index contributed by atoms with van der Waals surface area (Å²) >= 11 is 0. The molecule has 0 bridgehead atoms. The second kappa shape index (κ2) is 9.57. The molecule has 0 saturated heterocycles. The van der Waals surface area contributed by atoms with Crippen molar-refractivity contribution in [2.24, 2.45) is 0 Å². The number of hydrogen-bond donors (Lipinski definition) is 3. The predicted octanol–water partition coefficient (Wildman–Crippen LogP) is 3.60. The monoisotopic (exact) mass is 397 g/mol. The van der Waals surface area contributed by atoms with Crippen LogP contribution in [-0.2, 0) is 11.0 Å².